The van der Waals surface area contributed by atoms with E-state index in [1.807, 2.05) is 4.98 Å². The maximum Gasteiger partial charge on any atom is 0.335 e. The summed E-state index contributed by atoms with van der Waals surface area (Å²) in [5.41, 5.74) is -2.35. The number of ketones is 1. The Balaban J connectivity index is 2.18. The number of aromatic hydroxyl groups is 1. The summed E-state index contributed by atoms with van der Waals surface area (Å²) in [4.78, 5) is 38.8. The van der Waals surface area contributed by atoms with Crippen LogP contribution in [0.5, 0.6) is 11.6 Å². The third-order valence-electron chi connectivity index (χ3n) is 3.75. The maximum absolute atomic E-state index is 13.0. The summed E-state index contributed by atoms with van der Waals surface area (Å²) in [7, 11) is 1.47. The molecular weight excluding hydrogens is 343 g/mol. The molecule has 3 aromatic rings. The topological polar surface area (TPSA) is 101 Å². The summed E-state index contributed by atoms with van der Waals surface area (Å²) in [6.45, 7) is 0. The van der Waals surface area contributed by atoms with Crippen molar-refractivity contribution in [3.8, 4) is 17.3 Å². The van der Waals surface area contributed by atoms with E-state index in [2.05, 4.69) is 0 Å². The molecule has 1 aromatic heterocycles. The van der Waals surface area contributed by atoms with Gasteiger partial charge in [0.25, 0.3) is 5.56 Å². The monoisotopic (exact) mass is 356 g/mol. The van der Waals surface area contributed by atoms with Crippen molar-refractivity contribution >= 4 is 5.78 Å². The number of nitrogens with one attached hydrogen (secondary N) is 1. The molecule has 0 aliphatic rings. The molecule has 7 nitrogen and oxygen atoms in total. The molecule has 0 unspecified atom stereocenters. The predicted octanol–water partition coefficient (Wildman–Crippen LogP) is 1.61. The number of nitrogens with zero attached hydrogens (tertiary/aromatic N) is 1. The van der Waals surface area contributed by atoms with Gasteiger partial charge in [-0.3, -0.25) is 14.6 Å². The van der Waals surface area contributed by atoms with Gasteiger partial charge in [-0.1, -0.05) is 0 Å². The highest BCUT2D eigenvalue weighted by atomic mass is 19.1. The lowest BCUT2D eigenvalue weighted by Crippen LogP contribution is -2.33. The van der Waals surface area contributed by atoms with Crippen molar-refractivity contribution in [1.82, 2.24) is 9.55 Å². The van der Waals surface area contributed by atoms with Gasteiger partial charge in [0, 0.05) is 5.56 Å². The smallest absolute Gasteiger partial charge is 0.335 e. The Kier molecular flexibility index (Phi) is 4.40. The van der Waals surface area contributed by atoms with Crippen LogP contribution in [0.3, 0.4) is 0 Å². The van der Waals surface area contributed by atoms with E-state index in [1.54, 1.807) is 12.1 Å². The van der Waals surface area contributed by atoms with Crippen molar-refractivity contribution in [3.63, 3.8) is 0 Å². The Morgan fingerprint density at radius 3 is 2.27 bits per heavy atom. The van der Waals surface area contributed by atoms with Crippen LogP contribution in [0.2, 0.25) is 0 Å². The fourth-order valence-corrected chi connectivity index (χ4v) is 2.45. The van der Waals surface area contributed by atoms with Crippen molar-refractivity contribution in [1.29, 1.82) is 0 Å². The van der Waals surface area contributed by atoms with Crippen LogP contribution < -0.4 is 16.0 Å². The zero-order valence-electron chi connectivity index (χ0n) is 13.5. The number of carbonyl (C=O) groups is 1. The first-order chi connectivity index (χ1) is 12.4. The minimum absolute atomic E-state index is 0.00729. The van der Waals surface area contributed by atoms with Gasteiger partial charge < -0.3 is 9.84 Å². The molecule has 1 heterocycles. The lowest BCUT2D eigenvalue weighted by atomic mass is 10.1. The molecule has 0 amide bonds. The van der Waals surface area contributed by atoms with Crippen LogP contribution in [0.25, 0.3) is 5.69 Å². The van der Waals surface area contributed by atoms with Crippen molar-refractivity contribution in [2.45, 2.75) is 0 Å². The molecule has 132 valence electrons. The Morgan fingerprint density at radius 1 is 1.08 bits per heavy atom. The Hall–Kier alpha value is -3.68. The molecule has 3 rings (SSSR count). The number of carbonyl (C=O) groups excluding carboxylic acids is 1. The fraction of sp³-hybridized carbons (Fsp3) is 0.0556. The molecule has 0 saturated heterocycles. The molecule has 2 N–H and O–H groups in total. The number of halogens is 1. The average molecular weight is 356 g/mol. The third-order valence-corrected chi connectivity index (χ3v) is 3.75. The maximum atomic E-state index is 13.0. The highest BCUT2D eigenvalue weighted by molar-refractivity contribution is 6.10. The van der Waals surface area contributed by atoms with E-state index in [0.29, 0.717) is 5.75 Å². The van der Waals surface area contributed by atoms with Gasteiger partial charge in [-0.25, -0.2) is 13.8 Å². The molecule has 0 spiro atoms. The summed E-state index contributed by atoms with van der Waals surface area (Å²) >= 11 is 0. The number of ether oxygens (including phenoxy) is 1. The average Bonchev–Trinajstić information content (AvgIpc) is 2.62. The van der Waals surface area contributed by atoms with E-state index in [4.69, 9.17) is 4.74 Å². The van der Waals surface area contributed by atoms with Crippen LogP contribution in [-0.4, -0.2) is 27.6 Å². The van der Waals surface area contributed by atoms with Gasteiger partial charge in [-0.2, -0.15) is 0 Å². The zero-order chi connectivity index (χ0) is 18.8. The number of H-pyrrole nitrogens is 1. The van der Waals surface area contributed by atoms with Crippen LogP contribution in [0.15, 0.2) is 58.1 Å². The Morgan fingerprint density at radius 2 is 1.69 bits per heavy atom. The quantitative estimate of drug-likeness (QED) is 0.692. The molecule has 2 aromatic carbocycles. The van der Waals surface area contributed by atoms with E-state index in [0.717, 1.165) is 16.7 Å². The van der Waals surface area contributed by atoms with E-state index in [-0.39, 0.29) is 11.3 Å². The number of methoxy groups -OCH3 is 1. The van der Waals surface area contributed by atoms with Gasteiger partial charge in [0.2, 0.25) is 11.7 Å². The van der Waals surface area contributed by atoms with Crippen LogP contribution in [-0.2, 0) is 0 Å². The second kappa shape index (κ2) is 6.67. The molecule has 0 fully saturated rings. The van der Waals surface area contributed by atoms with E-state index >= 15 is 0 Å². The van der Waals surface area contributed by atoms with Crippen LogP contribution in [0, 0.1) is 5.82 Å². The minimum Gasteiger partial charge on any atom is -0.497 e. The Labute approximate surface area is 145 Å². The van der Waals surface area contributed by atoms with Crippen molar-refractivity contribution in [3.05, 3.63) is 86.3 Å². The van der Waals surface area contributed by atoms with Crippen molar-refractivity contribution in [2.75, 3.05) is 7.11 Å². The van der Waals surface area contributed by atoms with E-state index in [9.17, 15) is 23.9 Å². The molecule has 0 aliphatic heterocycles. The largest absolute Gasteiger partial charge is 0.497 e. The third kappa shape index (κ3) is 3.00. The van der Waals surface area contributed by atoms with Crippen LogP contribution in [0.1, 0.15) is 15.9 Å². The first-order valence-electron chi connectivity index (χ1n) is 7.45. The molecule has 0 bridgehead atoms. The molecule has 26 heavy (non-hydrogen) atoms. The number of hydrogen-bond acceptors (Lipinski definition) is 5. The van der Waals surface area contributed by atoms with E-state index in [1.165, 1.54) is 31.4 Å². The number of aromatic amines is 1. The molecule has 0 atom stereocenters. The highest BCUT2D eigenvalue weighted by Crippen LogP contribution is 2.21. The minimum atomic E-state index is -1.04. The van der Waals surface area contributed by atoms with Crippen LogP contribution in [0.4, 0.5) is 4.39 Å². The van der Waals surface area contributed by atoms with Crippen LogP contribution >= 0.6 is 0 Å². The molecule has 8 heteroatoms. The second-order valence-electron chi connectivity index (χ2n) is 5.33. The van der Waals surface area contributed by atoms with Crippen molar-refractivity contribution < 1.29 is 19.0 Å². The molecule has 0 aliphatic carbocycles. The van der Waals surface area contributed by atoms with E-state index < -0.39 is 34.3 Å². The van der Waals surface area contributed by atoms with Gasteiger partial charge in [0.15, 0.2) is 0 Å². The number of aromatic nitrogens is 2. The molecular formula is C18H13FN2O5. The first-order valence-corrected chi connectivity index (χ1v) is 7.45. The fourth-order valence-electron chi connectivity index (χ4n) is 2.45. The Bertz CT molecular complexity index is 1080. The summed E-state index contributed by atoms with van der Waals surface area (Å²) in [6, 6.07) is 10.5. The van der Waals surface area contributed by atoms with Crippen molar-refractivity contribution in [2.24, 2.45) is 0 Å². The first kappa shape index (κ1) is 17.2. The molecule has 0 radical (unpaired) electrons. The zero-order valence-corrected chi connectivity index (χ0v) is 13.5. The van der Waals surface area contributed by atoms with Gasteiger partial charge in [0.1, 0.15) is 17.1 Å². The lowest BCUT2D eigenvalue weighted by molar-refractivity contribution is 0.103. The van der Waals surface area contributed by atoms with Gasteiger partial charge >= 0.3 is 5.69 Å². The standard InChI is InChI=1S/C18H13FN2O5/c1-26-13-8-6-12(7-9-13)21-17(24)14(16(23)20-18(21)25)15(22)10-2-4-11(19)5-3-10/h2-9,24H,1H3,(H,20,23,25). The number of rotatable bonds is 4. The number of benzene rings is 2. The van der Waals surface area contributed by atoms with Gasteiger partial charge in [-0.05, 0) is 48.5 Å². The lowest BCUT2D eigenvalue weighted by Gasteiger charge is -2.11. The van der Waals surface area contributed by atoms with Gasteiger partial charge in [0.05, 0.1) is 12.8 Å². The highest BCUT2D eigenvalue weighted by Gasteiger charge is 2.23. The second-order valence-corrected chi connectivity index (χ2v) is 5.33. The van der Waals surface area contributed by atoms with Gasteiger partial charge in [-0.15, -0.1) is 0 Å². The summed E-state index contributed by atoms with van der Waals surface area (Å²) in [5.74, 6) is -1.68. The normalized spacial score (nSPS) is 10.5. The molecule has 0 saturated carbocycles. The SMILES string of the molecule is COc1ccc(-n2c(O)c(C(=O)c3ccc(F)cc3)c(=O)[nH]c2=O)cc1. The predicted molar refractivity (Wildman–Crippen MR) is 90.7 cm³/mol. The summed E-state index contributed by atoms with van der Waals surface area (Å²) in [5, 5.41) is 10.4. The summed E-state index contributed by atoms with van der Waals surface area (Å²) in [6.07, 6.45) is 0. The summed E-state index contributed by atoms with van der Waals surface area (Å²) < 4.78 is 18.8. The number of hydrogen-bond donors (Lipinski definition) is 2.